The van der Waals surface area contributed by atoms with Crippen LogP contribution in [0.15, 0.2) is 72.8 Å². The Bertz CT molecular complexity index is 1450. The summed E-state index contributed by atoms with van der Waals surface area (Å²) in [6, 6.07) is 18.0. The Balaban J connectivity index is 1.42. The fourth-order valence-corrected chi connectivity index (χ4v) is 4.32. The zero-order valence-corrected chi connectivity index (χ0v) is 19.1. The number of alkyl halides is 3. The van der Waals surface area contributed by atoms with E-state index in [1.807, 2.05) is 36.4 Å². The molecule has 0 unspecified atom stereocenters. The molecule has 0 bridgehead atoms. The lowest BCUT2D eigenvalue weighted by Gasteiger charge is -2.16. The van der Waals surface area contributed by atoms with Gasteiger partial charge >= 0.3 is 6.18 Å². The number of halogens is 3. The highest BCUT2D eigenvalue weighted by Crippen LogP contribution is 2.38. The number of methoxy groups -OCH3 is 1. The van der Waals surface area contributed by atoms with E-state index in [0.717, 1.165) is 17.7 Å². The summed E-state index contributed by atoms with van der Waals surface area (Å²) in [5, 5.41) is 2.49. The highest BCUT2D eigenvalue weighted by atomic mass is 19.4. The van der Waals surface area contributed by atoms with E-state index in [4.69, 9.17) is 4.74 Å². The number of imidazole rings is 1. The van der Waals surface area contributed by atoms with E-state index in [1.54, 1.807) is 23.8 Å². The summed E-state index contributed by atoms with van der Waals surface area (Å²) in [6.07, 6.45) is -4.80. The number of carbonyl (C=O) groups excluding carboxylic acids is 2. The largest absolute Gasteiger partial charge is 0.497 e. The monoisotopic (exact) mass is 494 g/mol. The minimum absolute atomic E-state index is 0.00562. The van der Waals surface area contributed by atoms with Gasteiger partial charge in [0.15, 0.2) is 0 Å². The molecule has 1 aromatic heterocycles. The van der Waals surface area contributed by atoms with Gasteiger partial charge in [0.1, 0.15) is 11.8 Å². The first kappa shape index (κ1) is 23.4. The molecule has 0 saturated heterocycles. The molecule has 0 aliphatic carbocycles. The molecular formula is C26H21F3N4O3. The summed E-state index contributed by atoms with van der Waals surface area (Å²) >= 11 is 0. The normalized spacial score (nSPS) is 15.3. The van der Waals surface area contributed by atoms with E-state index in [9.17, 15) is 22.8 Å². The quantitative estimate of drug-likeness (QED) is 0.401. The number of carbonyl (C=O) groups is 2. The van der Waals surface area contributed by atoms with Crippen LogP contribution in [-0.4, -0.2) is 28.5 Å². The van der Waals surface area contributed by atoms with E-state index in [2.05, 4.69) is 10.3 Å². The fraction of sp³-hybridized carbons (Fsp3) is 0.192. The number of anilines is 2. The van der Waals surface area contributed by atoms with Crippen LogP contribution in [-0.2, 0) is 22.3 Å². The fourth-order valence-electron chi connectivity index (χ4n) is 4.32. The van der Waals surface area contributed by atoms with Crippen LogP contribution in [0.1, 0.15) is 23.6 Å². The van der Waals surface area contributed by atoms with Crippen LogP contribution in [0.5, 0.6) is 5.75 Å². The maximum Gasteiger partial charge on any atom is 0.416 e. The summed E-state index contributed by atoms with van der Waals surface area (Å²) < 4.78 is 46.0. The zero-order valence-electron chi connectivity index (χ0n) is 19.1. The first-order valence-electron chi connectivity index (χ1n) is 11.1. The average molecular weight is 494 g/mol. The second-order valence-corrected chi connectivity index (χ2v) is 8.39. The number of ether oxygens (including phenoxy) is 1. The molecule has 2 amide bonds. The molecule has 36 heavy (non-hydrogen) atoms. The number of aromatic nitrogens is 2. The van der Waals surface area contributed by atoms with Gasteiger partial charge in [0.2, 0.25) is 11.9 Å². The van der Waals surface area contributed by atoms with Crippen molar-refractivity contribution < 1.29 is 27.5 Å². The Hall–Kier alpha value is -4.34. The number of rotatable bonds is 6. The molecule has 0 fully saturated rings. The van der Waals surface area contributed by atoms with E-state index in [1.165, 1.54) is 17.0 Å². The number of hydrogen-bond acceptors (Lipinski definition) is 4. The Morgan fingerprint density at radius 2 is 1.81 bits per heavy atom. The van der Waals surface area contributed by atoms with Gasteiger partial charge in [0, 0.05) is 5.69 Å². The van der Waals surface area contributed by atoms with Crippen LogP contribution in [0.4, 0.5) is 24.8 Å². The standard InChI is InChI=1S/C26H21F3N4O3/c1-36-19-11-9-16(10-12-19)15-32-24(35)22(33-21-8-3-2-7-20(21)31-25(32)33)14-23(34)30-18-6-4-5-17(13-18)26(27,28)29/h2-13,22H,14-15H2,1H3,(H,30,34)/t22-/m1/s1. The first-order chi connectivity index (χ1) is 17.2. The Kier molecular flexibility index (Phi) is 5.87. The van der Waals surface area contributed by atoms with E-state index in [0.29, 0.717) is 22.7 Å². The third-order valence-corrected chi connectivity index (χ3v) is 6.03. The molecule has 10 heteroatoms. The third kappa shape index (κ3) is 4.37. The Morgan fingerprint density at radius 3 is 2.53 bits per heavy atom. The number of fused-ring (bicyclic) bond motifs is 3. The third-order valence-electron chi connectivity index (χ3n) is 6.03. The highest BCUT2D eigenvalue weighted by Gasteiger charge is 2.41. The highest BCUT2D eigenvalue weighted by molar-refractivity contribution is 6.05. The number of benzene rings is 3. The van der Waals surface area contributed by atoms with Gasteiger partial charge in [-0.25, -0.2) is 4.98 Å². The zero-order chi connectivity index (χ0) is 25.4. The van der Waals surface area contributed by atoms with Crippen LogP contribution in [0.2, 0.25) is 0 Å². The predicted octanol–water partition coefficient (Wildman–Crippen LogP) is 5.18. The van der Waals surface area contributed by atoms with E-state index in [-0.39, 0.29) is 24.6 Å². The van der Waals surface area contributed by atoms with Gasteiger partial charge in [-0.2, -0.15) is 13.2 Å². The van der Waals surface area contributed by atoms with Crippen LogP contribution in [0.3, 0.4) is 0 Å². The molecule has 0 saturated carbocycles. The van der Waals surface area contributed by atoms with Crippen molar-refractivity contribution in [3.8, 4) is 5.75 Å². The van der Waals surface area contributed by atoms with Crippen molar-refractivity contribution in [1.29, 1.82) is 0 Å². The SMILES string of the molecule is COc1ccc(CN2C(=O)[C@@H](CC(=O)Nc3cccc(C(F)(F)F)c3)n3c2nc2ccccc23)cc1. The molecule has 4 aromatic rings. The summed E-state index contributed by atoms with van der Waals surface area (Å²) in [4.78, 5) is 32.5. The van der Waals surface area contributed by atoms with Gasteiger partial charge in [-0.1, -0.05) is 30.3 Å². The number of nitrogens with one attached hydrogen (secondary N) is 1. The summed E-state index contributed by atoms with van der Waals surface area (Å²) in [7, 11) is 1.57. The van der Waals surface area contributed by atoms with E-state index < -0.39 is 23.7 Å². The summed E-state index contributed by atoms with van der Waals surface area (Å²) in [6.45, 7) is 0.234. The Morgan fingerprint density at radius 1 is 1.06 bits per heavy atom. The molecule has 1 aliphatic rings. The lowest BCUT2D eigenvalue weighted by atomic mass is 10.1. The molecule has 184 valence electrons. The van der Waals surface area contributed by atoms with Crippen LogP contribution < -0.4 is 15.0 Å². The molecule has 0 spiro atoms. The van der Waals surface area contributed by atoms with Crippen LogP contribution in [0, 0.1) is 0 Å². The number of nitrogens with zero attached hydrogens (tertiary/aromatic N) is 3. The minimum atomic E-state index is -4.53. The predicted molar refractivity (Wildman–Crippen MR) is 128 cm³/mol. The van der Waals surface area contributed by atoms with Gasteiger partial charge in [-0.05, 0) is 48.0 Å². The summed E-state index contributed by atoms with van der Waals surface area (Å²) in [5.41, 5.74) is 1.34. The van der Waals surface area contributed by atoms with Crippen LogP contribution in [0.25, 0.3) is 11.0 Å². The molecular weight excluding hydrogens is 473 g/mol. The van der Waals surface area contributed by atoms with Crippen molar-refractivity contribution in [2.45, 2.75) is 25.2 Å². The summed E-state index contributed by atoms with van der Waals surface area (Å²) in [5.74, 6) is 0.192. The van der Waals surface area contributed by atoms with Crippen molar-refractivity contribution in [2.75, 3.05) is 17.3 Å². The van der Waals surface area contributed by atoms with Crippen molar-refractivity contribution in [3.05, 3.63) is 83.9 Å². The number of hydrogen-bond donors (Lipinski definition) is 1. The molecule has 5 rings (SSSR count). The maximum atomic E-state index is 13.5. The van der Waals surface area contributed by atoms with Gasteiger partial charge < -0.3 is 10.1 Å². The number of para-hydroxylation sites is 2. The second-order valence-electron chi connectivity index (χ2n) is 8.39. The molecule has 3 aromatic carbocycles. The smallest absolute Gasteiger partial charge is 0.416 e. The van der Waals surface area contributed by atoms with Gasteiger partial charge in [0.25, 0.3) is 5.91 Å². The molecule has 1 atom stereocenters. The first-order valence-corrected chi connectivity index (χ1v) is 11.1. The molecule has 2 heterocycles. The van der Waals surface area contributed by atoms with Crippen molar-refractivity contribution >= 4 is 34.5 Å². The molecule has 0 radical (unpaired) electrons. The van der Waals surface area contributed by atoms with Gasteiger partial charge in [-0.3, -0.25) is 19.1 Å². The van der Waals surface area contributed by atoms with Crippen LogP contribution >= 0.6 is 0 Å². The number of amides is 2. The van der Waals surface area contributed by atoms with Gasteiger partial charge in [0.05, 0.1) is 36.7 Å². The maximum absolute atomic E-state index is 13.5. The van der Waals surface area contributed by atoms with Crippen molar-refractivity contribution in [1.82, 2.24) is 9.55 Å². The topological polar surface area (TPSA) is 76.5 Å². The lowest BCUT2D eigenvalue weighted by molar-refractivity contribution is -0.137. The molecule has 1 N–H and O–H groups in total. The lowest BCUT2D eigenvalue weighted by Crippen LogP contribution is -2.31. The van der Waals surface area contributed by atoms with Gasteiger partial charge in [-0.15, -0.1) is 0 Å². The molecule has 1 aliphatic heterocycles. The average Bonchev–Trinajstić information content (AvgIpc) is 3.35. The molecule has 7 nitrogen and oxygen atoms in total. The van der Waals surface area contributed by atoms with Crippen molar-refractivity contribution in [2.24, 2.45) is 0 Å². The van der Waals surface area contributed by atoms with Crippen molar-refractivity contribution in [3.63, 3.8) is 0 Å². The Labute approximate surface area is 204 Å². The van der Waals surface area contributed by atoms with E-state index >= 15 is 0 Å². The minimum Gasteiger partial charge on any atom is -0.497 e. The second kappa shape index (κ2) is 9.03.